The van der Waals surface area contributed by atoms with E-state index in [1.165, 1.54) is 43.5 Å². The molecule has 36 heavy (non-hydrogen) atoms. The Hall–Kier alpha value is -4.01. The van der Waals surface area contributed by atoms with Crippen LogP contribution in [0.1, 0.15) is 5.56 Å². The molecule has 1 aliphatic heterocycles. The van der Waals surface area contributed by atoms with Crippen molar-refractivity contribution in [2.24, 2.45) is 0 Å². The number of anilines is 1. The van der Waals surface area contributed by atoms with Crippen molar-refractivity contribution in [1.82, 2.24) is 5.32 Å². The molecule has 184 valence electrons. The second kappa shape index (κ2) is 11.2. The number of methoxy groups -OCH3 is 1. The fourth-order valence-corrected chi connectivity index (χ4v) is 3.83. The Morgan fingerprint density at radius 1 is 0.917 bits per heavy atom. The highest BCUT2D eigenvalue weighted by molar-refractivity contribution is 6.39. The van der Waals surface area contributed by atoms with Gasteiger partial charge in [-0.25, -0.2) is 9.69 Å². The molecule has 0 atom stereocenters. The number of halogens is 2. The molecule has 1 N–H and O–H groups in total. The monoisotopic (exact) mass is 526 g/mol. The largest absolute Gasteiger partial charge is 0.493 e. The summed E-state index contributed by atoms with van der Waals surface area (Å²) in [6.45, 7) is 0.475. The molecule has 1 aliphatic rings. The van der Waals surface area contributed by atoms with E-state index in [1.54, 1.807) is 6.07 Å². The number of para-hydroxylation sites is 1. The minimum atomic E-state index is -0.860. The third kappa shape index (κ3) is 5.62. The predicted octanol–water partition coefficient (Wildman–Crippen LogP) is 5.13. The van der Waals surface area contributed by atoms with Crippen LogP contribution in [-0.4, -0.2) is 38.2 Å². The second-order valence-corrected chi connectivity index (χ2v) is 8.32. The molecular formula is C26H20Cl2N2O6. The Kier molecular flexibility index (Phi) is 7.77. The lowest BCUT2D eigenvalue weighted by molar-refractivity contribution is -0.122. The number of carbonyl (C=O) groups excluding carboxylic acids is 3. The van der Waals surface area contributed by atoms with Crippen LogP contribution in [0.2, 0.25) is 10.0 Å². The molecule has 8 nitrogen and oxygen atoms in total. The molecule has 1 heterocycles. The minimum absolute atomic E-state index is 0.199. The second-order valence-electron chi connectivity index (χ2n) is 7.48. The molecule has 3 aromatic rings. The maximum atomic E-state index is 13.1. The van der Waals surface area contributed by atoms with Crippen LogP contribution in [0.25, 0.3) is 6.08 Å². The normalized spacial score (nSPS) is 14.6. The van der Waals surface area contributed by atoms with E-state index in [9.17, 15) is 14.4 Å². The fourth-order valence-electron chi connectivity index (χ4n) is 3.43. The number of benzene rings is 3. The molecule has 1 fully saturated rings. The fraction of sp³-hybridized carbons (Fsp3) is 0.115. The highest BCUT2D eigenvalue weighted by Gasteiger charge is 2.36. The van der Waals surface area contributed by atoms with E-state index in [-0.39, 0.29) is 35.2 Å². The number of imide groups is 2. The highest BCUT2D eigenvalue weighted by Crippen LogP contribution is 2.37. The third-order valence-corrected chi connectivity index (χ3v) is 5.62. The lowest BCUT2D eigenvalue weighted by Gasteiger charge is -2.26. The molecule has 0 bridgehead atoms. The van der Waals surface area contributed by atoms with E-state index in [0.29, 0.717) is 22.1 Å². The third-order valence-electron chi connectivity index (χ3n) is 5.09. The van der Waals surface area contributed by atoms with Crippen LogP contribution >= 0.6 is 23.2 Å². The van der Waals surface area contributed by atoms with Crippen LogP contribution in [-0.2, 0) is 9.59 Å². The summed E-state index contributed by atoms with van der Waals surface area (Å²) in [5.74, 6) is -0.329. The smallest absolute Gasteiger partial charge is 0.335 e. The standard InChI is InChI=1S/C26H20Cl2N2O6/c1-34-22-15-16(14-21(28)23(22)36-12-11-35-19-5-3-2-4-6-19)13-20-24(31)29-26(33)30(25(20)32)18-9-7-17(27)8-10-18/h2-10,13-15H,11-12H2,1H3,(H,29,31,33). The van der Waals surface area contributed by atoms with Gasteiger partial charge in [-0.3, -0.25) is 14.9 Å². The first-order chi connectivity index (χ1) is 17.4. The zero-order valence-electron chi connectivity index (χ0n) is 19.0. The van der Waals surface area contributed by atoms with Crippen LogP contribution in [0.15, 0.2) is 72.3 Å². The van der Waals surface area contributed by atoms with E-state index in [2.05, 4.69) is 5.32 Å². The van der Waals surface area contributed by atoms with Crippen molar-refractivity contribution in [3.63, 3.8) is 0 Å². The number of urea groups is 1. The summed E-state index contributed by atoms with van der Waals surface area (Å²) in [5, 5.41) is 2.81. The summed E-state index contributed by atoms with van der Waals surface area (Å²) in [4.78, 5) is 38.8. The van der Waals surface area contributed by atoms with Crippen molar-refractivity contribution in [3.05, 3.63) is 87.9 Å². The first-order valence-electron chi connectivity index (χ1n) is 10.7. The first kappa shape index (κ1) is 25.1. The van der Waals surface area contributed by atoms with Crippen LogP contribution in [0, 0.1) is 0 Å². The van der Waals surface area contributed by atoms with Gasteiger partial charge in [0.25, 0.3) is 11.8 Å². The van der Waals surface area contributed by atoms with Gasteiger partial charge in [0.1, 0.15) is 24.5 Å². The Balaban J connectivity index is 1.54. The van der Waals surface area contributed by atoms with Crippen molar-refractivity contribution >= 4 is 52.8 Å². The quantitative estimate of drug-likeness (QED) is 0.248. The van der Waals surface area contributed by atoms with E-state index in [4.69, 9.17) is 37.4 Å². The molecule has 3 aromatic carbocycles. The van der Waals surface area contributed by atoms with E-state index < -0.39 is 17.8 Å². The van der Waals surface area contributed by atoms with Gasteiger partial charge in [0.15, 0.2) is 11.5 Å². The minimum Gasteiger partial charge on any atom is -0.493 e. The number of nitrogens with zero attached hydrogens (tertiary/aromatic N) is 1. The molecule has 4 amide bonds. The lowest BCUT2D eigenvalue weighted by atomic mass is 10.1. The Morgan fingerprint density at radius 3 is 2.31 bits per heavy atom. The first-order valence-corrected chi connectivity index (χ1v) is 11.5. The van der Waals surface area contributed by atoms with Gasteiger partial charge in [-0.05, 0) is 60.2 Å². The maximum Gasteiger partial charge on any atom is 0.335 e. The van der Waals surface area contributed by atoms with Crippen molar-refractivity contribution < 1.29 is 28.6 Å². The summed E-state index contributed by atoms with van der Waals surface area (Å²) in [5.41, 5.74) is 0.402. The average Bonchev–Trinajstić information content (AvgIpc) is 2.86. The molecule has 1 saturated heterocycles. The molecule has 0 radical (unpaired) electrons. The number of amides is 4. The van der Waals surface area contributed by atoms with Crippen LogP contribution in [0.3, 0.4) is 0 Å². The van der Waals surface area contributed by atoms with E-state index in [0.717, 1.165) is 4.90 Å². The summed E-state index contributed by atoms with van der Waals surface area (Å²) in [6, 6.07) is 17.6. The van der Waals surface area contributed by atoms with Crippen LogP contribution < -0.4 is 24.4 Å². The molecule has 0 spiro atoms. The molecule has 4 rings (SSSR count). The average molecular weight is 527 g/mol. The number of carbonyl (C=O) groups is 3. The topological polar surface area (TPSA) is 94.2 Å². The molecular weight excluding hydrogens is 507 g/mol. The SMILES string of the molecule is COc1cc(C=C2C(=O)NC(=O)N(c3ccc(Cl)cc3)C2=O)cc(Cl)c1OCCOc1ccccc1. The predicted molar refractivity (Wildman–Crippen MR) is 136 cm³/mol. The van der Waals surface area contributed by atoms with Gasteiger partial charge in [0.05, 0.1) is 17.8 Å². The zero-order valence-corrected chi connectivity index (χ0v) is 20.5. The van der Waals surface area contributed by atoms with Crippen molar-refractivity contribution in [2.75, 3.05) is 25.2 Å². The van der Waals surface area contributed by atoms with Gasteiger partial charge in [-0.2, -0.15) is 0 Å². The summed E-state index contributed by atoms with van der Waals surface area (Å²) < 4.78 is 16.8. The Bertz CT molecular complexity index is 1330. The van der Waals surface area contributed by atoms with Crippen LogP contribution in [0.5, 0.6) is 17.2 Å². The molecule has 0 saturated carbocycles. The summed E-state index contributed by atoms with van der Waals surface area (Å²) in [7, 11) is 1.44. The Morgan fingerprint density at radius 2 is 1.61 bits per heavy atom. The maximum absolute atomic E-state index is 13.1. The van der Waals surface area contributed by atoms with Gasteiger partial charge in [-0.15, -0.1) is 0 Å². The van der Waals surface area contributed by atoms with Crippen LogP contribution in [0.4, 0.5) is 10.5 Å². The number of hydrogen-bond donors (Lipinski definition) is 1. The van der Waals surface area contributed by atoms with Crippen molar-refractivity contribution in [2.45, 2.75) is 0 Å². The molecule has 0 aromatic heterocycles. The van der Waals surface area contributed by atoms with E-state index in [1.807, 2.05) is 30.3 Å². The number of hydrogen-bond acceptors (Lipinski definition) is 6. The van der Waals surface area contributed by atoms with Gasteiger partial charge < -0.3 is 14.2 Å². The van der Waals surface area contributed by atoms with E-state index >= 15 is 0 Å². The van der Waals surface area contributed by atoms with Gasteiger partial charge in [-0.1, -0.05) is 41.4 Å². The summed E-state index contributed by atoms with van der Waals surface area (Å²) in [6.07, 6.45) is 1.32. The highest BCUT2D eigenvalue weighted by atomic mass is 35.5. The molecule has 0 aliphatic carbocycles. The van der Waals surface area contributed by atoms with Crippen molar-refractivity contribution in [1.29, 1.82) is 0 Å². The molecule has 10 heteroatoms. The number of nitrogens with one attached hydrogen (secondary N) is 1. The number of ether oxygens (including phenoxy) is 3. The zero-order chi connectivity index (χ0) is 25.7. The summed E-state index contributed by atoms with van der Waals surface area (Å²) >= 11 is 12.3. The lowest BCUT2D eigenvalue weighted by Crippen LogP contribution is -2.54. The molecule has 0 unspecified atom stereocenters. The van der Waals surface area contributed by atoms with Crippen molar-refractivity contribution in [3.8, 4) is 17.2 Å². The Labute approximate surface area is 217 Å². The number of barbiturate groups is 1. The number of rotatable bonds is 8. The van der Waals surface area contributed by atoms with Gasteiger partial charge in [0, 0.05) is 5.02 Å². The van der Waals surface area contributed by atoms with Gasteiger partial charge >= 0.3 is 6.03 Å². The van der Waals surface area contributed by atoms with Gasteiger partial charge in [0.2, 0.25) is 0 Å².